The Hall–Kier alpha value is -2.79. The van der Waals surface area contributed by atoms with E-state index in [1.165, 1.54) is 5.56 Å². The highest BCUT2D eigenvalue weighted by Crippen LogP contribution is 2.37. The largest absolute Gasteiger partial charge is 0.493 e. The number of nitrogens with one attached hydrogen (secondary N) is 1. The van der Waals surface area contributed by atoms with Crippen LogP contribution in [0.2, 0.25) is 0 Å². The lowest BCUT2D eigenvalue weighted by molar-refractivity contribution is -0.136. The number of para-hydroxylation sites is 1. The maximum Gasteiger partial charge on any atom is 0.307 e. The number of aryl methyl sites for hydroxylation is 1. The molecule has 5 heteroatoms. The molecule has 3 aromatic rings. The molecule has 0 bridgehead atoms. The lowest BCUT2D eigenvalue weighted by Gasteiger charge is -2.11. The molecular weight excluding hydrogens is 340 g/mol. The lowest BCUT2D eigenvalue weighted by atomic mass is 9.98. The van der Waals surface area contributed by atoms with Crippen LogP contribution in [0.15, 0.2) is 42.5 Å². The van der Waals surface area contributed by atoms with Gasteiger partial charge in [-0.05, 0) is 68.1 Å². The number of H-pyrrole nitrogens is 1. The summed E-state index contributed by atoms with van der Waals surface area (Å²) in [4.78, 5) is 14.6. The Morgan fingerprint density at radius 1 is 1.19 bits per heavy atom. The number of hydrogen-bond donors (Lipinski definition) is 3. The van der Waals surface area contributed by atoms with E-state index in [1.807, 2.05) is 43.3 Å². The van der Waals surface area contributed by atoms with Gasteiger partial charge in [-0.25, -0.2) is 0 Å². The number of carboxylic acids is 1. The number of hydrogen-bond acceptors (Lipinski definition) is 3. The van der Waals surface area contributed by atoms with Crippen molar-refractivity contribution in [2.24, 2.45) is 5.73 Å². The number of carbonyl (C=O) groups is 1. The fraction of sp³-hybridized carbons (Fsp3) is 0.318. The number of rotatable bonds is 9. The third-order valence-corrected chi connectivity index (χ3v) is 4.66. The smallest absolute Gasteiger partial charge is 0.307 e. The molecule has 0 amide bonds. The lowest BCUT2D eigenvalue weighted by Crippen LogP contribution is -2.00. The third-order valence-electron chi connectivity index (χ3n) is 4.66. The normalized spacial score (nSPS) is 11.0. The van der Waals surface area contributed by atoms with Crippen LogP contribution in [0.5, 0.6) is 5.75 Å². The second kappa shape index (κ2) is 8.73. The van der Waals surface area contributed by atoms with E-state index in [9.17, 15) is 4.79 Å². The van der Waals surface area contributed by atoms with Crippen LogP contribution in [0.3, 0.4) is 0 Å². The second-order valence-electron chi connectivity index (χ2n) is 6.60. The minimum atomic E-state index is -0.823. The highest BCUT2D eigenvalue weighted by atomic mass is 16.5. The van der Waals surface area contributed by atoms with Gasteiger partial charge in [-0.3, -0.25) is 4.79 Å². The van der Waals surface area contributed by atoms with Crippen LogP contribution in [0.4, 0.5) is 0 Å². The molecule has 4 N–H and O–H groups in total. The average Bonchev–Trinajstić information content (AvgIpc) is 3.00. The van der Waals surface area contributed by atoms with Crippen LogP contribution < -0.4 is 10.5 Å². The van der Waals surface area contributed by atoms with Crippen LogP contribution in [0, 0.1) is 0 Å². The number of fused-ring (bicyclic) bond motifs is 1. The summed E-state index contributed by atoms with van der Waals surface area (Å²) >= 11 is 0. The van der Waals surface area contributed by atoms with Gasteiger partial charge < -0.3 is 20.6 Å². The molecule has 0 unspecified atom stereocenters. The summed E-state index contributed by atoms with van der Waals surface area (Å²) in [6.07, 6.45) is 2.84. The Morgan fingerprint density at radius 3 is 2.74 bits per heavy atom. The second-order valence-corrected chi connectivity index (χ2v) is 6.60. The van der Waals surface area contributed by atoms with Gasteiger partial charge in [0, 0.05) is 16.5 Å². The molecular formula is C22H26N2O3. The summed E-state index contributed by atoms with van der Waals surface area (Å²) in [5.74, 6) is 0.0221. The summed E-state index contributed by atoms with van der Waals surface area (Å²) in [6.45, 7) is 3.24. The van der Waals surface area contributed by atoms with Crippen LogP contribution in [-0.4, -0.2) is 29.2 Å². The number of aromatic amines is 1. The number of carboxylic acid groups (broad SMARTS) is 1. The predicted molar refractivity (Wildman–Crippen MR) is 108 cm³/mol. The van der Waals surface area contributed by atoms with Gasteiger partial charge in [0.2, 0.25) is 0 Å². The molecule has 0 saturated heterocycles. The van der Waals surface area contributed by atoms with Crippen molar-refractivity contribution >= 4 is 16.9 Å². The van der Waals surface area contributed by atoms with E-state index < -0.39 is 5.97 Å². The Balaban J connectivity index is 2.13. The van der Waals surface area contributed by atoms with Crippen molar-refractivity contribution in [2.45, 2.75) is 32.6 Å². The molecule has 0 fully saturated rings. The number of ether oxygens (including phenoxy) is 1. The van der Waals surface area contributed by atoms with E-state index in [-0.39, 0.29) is 6.42 Å². The fourth-order valence-corrected chi connectivity index (χ4v) is 3.47. The van der Waals surface area contributed by atoms with Gasteiger partial charge in [-0.2, -0.15) is 0 Å². The van der Waals surface area contributed by atoms with Crippen molar-refractivity contribution in [3.8, 4) is 17.0 Å². The molecule has 0 aliphatic carbocycles. The number of aromatic nitrogens is 1. The van der Waals surface area contributed by atoms with Crippen molar-refractivity contribution in [1.29, 1.82) is 0 Å². The molecule has 0 atom stereocenters. The van der Waals surface area contributed by atoms with Crippen LogP contribution in [-0.2, 0) is 17.6 Å². The first-order chi connectivity index (χ1) is 13.1. The highest BCUT2D eigenvalue weighted by Gasteiger charge is 2.17. The molecule has 0 radical (unpaired) electrons. The maximum atomic E-state index is 11.1. The molecule has 1 aromatic heterocycles. The van der Waals surface area contributed by atoms with Crippen LogP contribution in [0.25, 0.3) is 22.2 Å². The van der Waals surface area contributed by atoms with Gasteiger partial charge in [0.05, 0.1) is 18.7 Å². The van der Waals surface area contributed by atoms with Gasteiger partial charge in [0.25, 0.3) is 0 Å². The van der Waals surface area contributed by atoms with Gasteiger partial charge in [0.15, 0.2) is 0 Å². The van der Waals surface area contributed by atoms with Crippen molar-refractivity contribution < 1.29 is 14.6 Å². The Labute approximate surface area is 159 Å². The van der Waals surface area contributed by atoms with Crippen molar-refractivity contribution in [1.82, 2.24) is 4.98 Å². The van der Waals surface area contributed by atoms with E-state index in [2.05, 4.69) is 11.1 Å². The topological polar surface area (TPSA) is 88.3 Å². The summed E-state index contributed by atoms with van der Waals surface area (Å²) in [7, 11) is 0. The SMILES string of the molecule is CCOc1ccccc1-c1[nH]c2ccc(CC(=O)O)cc2c1CCCCN. The van der Waals surface area contributed by atoms with Crippen LogP contribution in [0.1, 0.15) is 30.9 Å². The first kappa shape index (κ1) is 19.0. The molecule has 0 saturated carbocycles. The Bertz CT molecular complexity index is 930. The van der Waals surface area contributed by atoms with E-state index in [0.717, 1.165) is 52.7 Å². The van der Waals surface area contributed by atoms with E-state index in [4.69, 9.17) is 15.6 Å². The van der Waals surface area contributed by atoms with Crippen molar-refractivity contribution in [2.75, 3.05) is 13.2 Å². The first-order valence-corrected chi connectivity index (χ1v) is 9.41. The molecule has 1 heterocycles. The summed E-state index contributed by atoms with van der Waals surface area (Å²) in [5, 5.41) is 10.2. The number of aliphatic carboxylic acids is 1. The third kappa shape index (κ3) is 4.31. The molecule has 0 spiro atoms. The highest BCUT2D eigenvalue weighted by molar-refractivity contribution is 5.92. The Morgan fingerprint density at radius 2 is 2.00 bits per heavy atom. The average molecular weight is 366 g/mol. The fourth-order valence-electron chi connectivity index (χ4n) is 3.47. The zero-order valence-electron chi connectivity index (χ0n) is 15.6. The Kier molecular flexibility index (Phi) is 6.14. The van der Waals surface area contributed by atoms with E-state index in [1.54, 1.807) is 0 Å². The van der Waals surface area contributed by atoms with Crippen molar-refractivity contribution in [3.63, 3.8) is 0 Å². The van der Waals surface area contributed by atoms with Crippen LogP contribution >= 0.6 is 0 Å². The van der Waals surface area contributed by atoms with Gasteiger partial charge in [-0.15, -0.1) is 0 Å². The van der Waals surface area contributed by atoms with Crippen molar-refractivity contribution in [3.05, 3.63) is 53.6 Å². The maximum absolute atomic E-state index is 11.1. The zero-order chi connectivity index (χ0) is 19.2. The summed E-state index contributed by atoms with van der Waals surface area (Å²) in [6, 6.07) is 13.8. The van der Waals surface area contributed by atoms with Gasteiger partial charge >= 0.3 is 5.97 Å². The molecule has 5 nitrogen and oxygen atoms in total. The standard InChI is InChI=1S/C22H26N2O3/c1-2-27-20-9-4-3-8-17(20)22-16(7-5-6-12-23)18-13-15(14-21(25)26)10-11-19(18)24-22/h3-4,8-11,13,24H,2,5-7,12,14,23H2,1H3,(H,25,26). The number of unbranched alkanes of at least 4 members (excludes halogenated alkanes) is 1. The van der Waals surface area contributed by atoms with Gasteiger partial charge in [0.1, 0.15) is 5.75 Å². The molecule has 27 heavy (non-hydrogen) atoms. The number of nitrogens with two attached hydrogens (primary N) is 1. The summed E-state index contributed by atoms with van der Waals surface area (Å²) < 4.78 is 5.83. The molecule has 0 aliphatic rings. The molecule has 0 aliphatic heterocycles. The zero-order valence-corrected chi connectivity index (χ0v) is 15.6. The quantitative estimate of drug-likeness (QED) is 0.497. The molecule has 2 aromatic carbocycles. The minimum absolute atomic E-state index is 0.0220. The first-order valence-electron chi connectivity index (χ1n) is 9.41. The minimum Gasteiger partial charge on any atom is -0.493 e. The van der Waals surface area contributed by atoms with E-state index >= 15 is 0 Å². The number of benzene rings is 2. The predicted octanol–water partition coefficient (Wildman–Crippen LogP) is 4.14. The molecule has 3 rings (SSSR count). The van der Waals surface area contributed by atoms with Gasteiger partial charge in [-0.1, -0.05) is 18.2 Å². The monoisotopic (exact) mass is 366 g/mol. The van der Waals surface area contributed by atoms with E-state index in [0.29, 0.717) is 13.2 Å². The summed E-state index contributed by atoms with van der Waals surface area (Å²) in [5.41, 5.74) is 10.8. The molecule has 142 valence electrons.